The van der Waals surface area contributed by atoms with Gasteiger partial charge in [0.25, 0.3) is 5.69 Å². The fraction of sp³-hybridized carbons (Fsp3) is 0.273. The summed E-state index contributed by atoms with van der Waals surface area (Å²) in [6.45, 7) is 1.58. The predicted molar refractivity (Wildman–Crippen MR) is 123 cm³/mol. The van der Waals surface area contributed by atoms with Crippen LogP contribution in [-0.2, 0) is 0 Å². The first-order valence-corrected chi connectivity index (χ1v) is 10.4. The van der Waals surface area contributed by atoms with E-state index in [0.717, 1.165) is 30.2 Å². The second-order valence-corrected chi connectivity index (χ2v) is 8.09. The number of nitrogens with one attached hydrogen (secondary N) is 1. The Bertz CT molecular complexity index is 1080. The molecule has 1 saturated heterocycles. The van der Waals surface area contributed by atoms with Gasteiger partial charge in [-0.1, -0.05) is 12.1 Å². The van der Waals surface area contributed by atoms with E-state index >= 15 is 0 Å². The maximum atomic E-state index is 11.3. The van der Waals surface area contributed by atoms with Gasteiger partial charge in [0.1, 0.15) is 0 Å². The van der Waals surface area contributed by atoms with E-state index < -0.39 is 0 Å². The van der Waals surface area contributed by atoms with Crippen molar-refractivity contribution in [3.63, 3.8) is 0 Å². The van der Waals surface area contributed by atoms with E-state index in [0.29, 0.717) is 5.11 Å². The SMILES string of the molecule is CN(C)CCN1C(=S)NC(c2ccccn2)C1c1cccn1-c1cccc([N+](=O)[O-])c1. The van der Waals surface area contributed by atoms with Crippen molar-refractivity contribution in [1.82, 2.24) is 24.7 Å². The van der Waals surface area contributed by atoms with Gasteiger partial charge in [-0.25, -0.2) is 0 Å². The Labute approximate surface area is 186 Å². The molecular weight excluding hydrogens is 412 g/mol. The van der Waals surface area contributed by atoms with Crippen molar-refractivity contribution in [3.8, 4) is 5.69 Å². The quantitative estimate of drug-likeness (QED) is 0.346. The number of likely N-dealkylation sites (N-methyl/N-ethyl adjacent to an activating group) is 1. The topological polar surface area (TPSA) is 79.5 Å². The molecule has 0 radical (unpaired) electrons. The molecule has 160 valence electrons. The van der Waals surface area contributed by atoms with Crippen LogP contribution in [0.4, 0.5) is 5.69 Å². The molecule has 9 heteroatoms. The van der Waals surface area contributed by atoms with E-state index in [1.165, 1.54) is 6.07 Å². The Morgan fingerprint density at radius 3 is 2.74 bits per heavy atom. The van der Waals surface area contributed by atoms with E-state index in [1.54, 1.807) is 18.3 Å². The second kappa shape index (κ2) is 8.83. The lowest BCUT2D eigenvalue weighted by molar-refractivity contribution is -0.384. The van der Waals surface area contributed by atoms with E-state index in [4.69, 9.17) is 12.2 Å². The molecule has 0 spiro atoms. The fourth-order valence-corrected chi connectivity index (χ4v) is 4.23. The first-order chi connectivity index (χ1) is 15.0. The van der Waals surface area contributed by atoms with Crippen molar-refractivity contribution < 1.29 is 4.92 Å². The molecule has 0 saturated carbocycles. The lowest BCUT2D eigenvalue weighted by Gasteiger charge is -2.29. The molecule has 0 bridgehead atoms. The molecule has 1 N–H and O–H groups in total. The Hall–Kier alpha value is -3.30. The van der Waals surface area contributed by atoms with Crippen LogP contribution < -0.4 is 5.32 Å². The predicted octanol–water partition coefficient (Wildman–Crippen LogP) is 3.31. The maximum absolute atomic E-state index is 11.3. The van der Waals surface area contributed by atoms with Crippen LogP contribution in [0.5, 0.6) is 0 Å². The van der Waals surface area contributed by atoms with Gasteiger partial charge in [-0.2, -0.15) is 0 Å². The number of rotatable bonds is 7. The summed E-state index contributed by atoms with van der Waals surface area (Å²) < 4.78 is 1.99. The number of thiocarbonyl (C=S) groups is 1. The van der Waals surface area contributed by atoms with Crippen LogP contribution in [0.2, 0.25) is 0 Å². The van der Waals surface area contributed by atoms with E-state index in [2.05, 4.69) is 20.1 Å². The van der Waals surface area contributed by atoms with Gasteiger partial charge in [-0.15, -0.1) is 0 Å². The van der Waals surface area contributed by atoms with Gasteiger partial charge in [0.15, 0.2) is 5.11 Å². The van der Waals surface area contributed by atoms with Crippen molar-refractivity contribution in [2.75, 3.05) is 27.2 Å². The van der Waals surface area contributed by atoms with Gasteiger partial charge in [0.2, 0.25) is 0 Å². The first-order valence-electron chi connectivity index (χ1n) is 10.0. The van der Waals surface area contributed by atoms with Crippen molar-refractivity contribution in [3.05, 3.63) is 88.5 Å². The number of non-ortho nitro benzene ring substituents is 1. The third kappa shape index (κ3) is 4.28. The number of hydrogen-bond acceptors (Lipinski definition) is 5. The molecule has 2 aromatic heterocycles. The van der Waals surface area contributed by atoms with Crippen LogP contribution in [0.3, 0.4) is 0 Å². The lowest BCUT2D eigenvalue weighted by atomic mass is 10.0. The van der Waals surface area contributed by atoms with Crippen LogP contribution in [0.1, 0.15) is 23.5 Å². The standard InChI is InChI=1S/C22H24N6O2S/c1-25(2)13-14-27-21(20(24-22(27)31)18-9-3-4-11-23-18)19-10-6-12-26(19)16-7-5-8-17(15-16)28(29)30/h3-12,15,20-21H,13-14H2,1-2H3,(H,24,31). The molecule has 2 atom stereocenters. The smallest absolute Gasteiger partial charge is 0.271 e. The molecule has 0 amide bonds. The molecule has 1 aliphatic rings. The minimum atomic E-state index is -0.376. The summed E-state index contributed by atoms with van der Waals surface area (Å²) in [5.74, 6) is 0. The van der Waals surface area contributed by atoms with Crippen molar-refractivity contribution in [2.24, 2.45) is 0 Å². The Morgan fingerprint density at radius 2 is 2.03 bits per heavy atom. The minimum absolute atomic E-state index is 0.0583. The summed E-state index contributed by atoms with van der Waals surface area (Å²) in [7, 11) is 4.06. The highest BCUT2D eigenvalue weighted by molar-refractivity contribution is 7.80. The van der Waals surface area contributed by atoms with Gasteiger partial charge in [-0.3, -0.25) is 15.1 Å². The van der Waals surface area contributed by atoms with E-state index in [-0.39, 0.29) is 22.7 Å². The Balaban J connectivity index is 1.79. The summed E-state index contributed by atoms with van der Waals surface area (Å²) in [5.41, 5.74) is 2.68. The van der Waals surface area contributed by atoms with Crippen molar-refractivity contribution >= 4 is 23.0 Å². The molecule has 2 unspecified atom stereocenters. The zero-order valence-electron chi connectivity index (χ0n) is 17.4. The first kappa shape index (κ1) is 21.0. The Morgan fingerprint density at radius 1 is 1.19 bits per heavy atom. The molecule has 8 nitrogen and oxygen atoms in total. The zero-order chi connectivity index (χ0) is 22.0. The molecule has 3 heterocycles. The third-order valence-electron chi connectivity index (χ3n) is 5.39. The van der Waals surface area contributed by atoms with E-state index in [1.807, 2.05) is 61.3 Å². The highest BCUT2D eigenvalue weighted by atomic mass is 32.1. The molecule has 1 aliphatic heterocycles. The van der Waals surface area contributed by atoms with Crippen LogP contribution >= 0.6 is 12.2 Å². The summed E-state index contributed by atoms with van der Waals surface area (Å²) in [5, 5.41) is 15.4. The highest BCUT2D eigenvalue weighted by Crippen LogP contribution is 2.39. The second-order valence-electron chi connectivity index (χ2n) is 7.70. The van der Waals surface area contributed by atoms with E-state index in [9.17, 15) is 10.1 Å². The lowest BCUT2D eigenvalue weighted by Crippen LogP contribution is -2.36. The average molecular weight is 437 g/mol. The summed E-state index contributed by atoms with van der Waals surface area (Å²) >= 11 is 5.71. The maximum Gasteiger partial charge on any atom is 0.271 e. The number of nitro benzene ring substituents is 1. The van der Waals surface area contributed by atoms with Crippen molar-refractivity contribution in [1.29, 1.82) is 0 Å². The van der Waals surface area contributed by atoms with Crippen LogP contribution in [0.15, 0.2) is 67.0 Å². The zero-order valence-corrected chi connectivity index (χ0v) is 18.2. The number of benzene rings is 1. The van der Waals surface area contributed by atoms with Crippen LogP contribution in [0, 0.1) is 10.1 Å². The largest absolute Gasteiger partial charge is 0.352 e. The molecule has 31 heavy (non-hydrogen) atoms. The number of nitrogens with zero attached hydrogens (tertiary/aromatic N) is 5. The van der Waals surface area contributed by atoms with Crippen LogP contribution in [0.25, 0.3) is 5.69 Å². The summed E-state index contributed by atoms with van der Waals surface area (Å²) in [6.07, 6.45) is 3.70. The Kier molecular flexibility index (Phi) is 5.97. The summed E-state index contributed by atoms with van der Waals surface area (Å²) in [4.78, 5) is 19.8. The normalized spacial score (nSPS) is 18.4. The number of hydrogen-bond donors (Lipinski definition) is 1. The molecule has 4 rings (SSSR count). The van der Waals surface area contributed by atoms with Crippen LogP contribution in [-0.4, -0.2) is 56.6 Å². The van der Waals surface area contributed by atoms with Gasteiger partial charge in [-0.05, 0) is 56.6 Å². The number of nitro groups is 1. The average Bonchev–Trinajstić information content (AvgIpc) is 3.37. The molecule has 0 aliphatic carbocycles. The number of pyridine rings is 1. The fourth-order valence-electron chi connectivity index (χ4n) is 3.90. The molecule has 1 fully saturated rings. The summed E-state index contributed by atoms with van der Waals surface area (Å²) in [6, 6.07) is 16.2. The monoisotopic (exact) mass is 436 g/mol. The van der Waals surface area contributed by atoms with Gasteiger partial charge >= 0.3 is 0 Å². The van der Waals surface area contributed by atoms with Gasteiger partial charge in [0, 0.05) is 43.3 Å². The molecular formula is C22H24N6O2S. The van der Waals surface area contributed by atoms with Crippen molar-refractivity contribution in [2.45, 2.75) is 12.1 Å². The third-order valence-corrected chi connectivity index (χ3v) is 5.74. The molecule has 3 aromatic rings. The number of aromatic nitrogens is 2. The molecule has 1 aromatic carbocycles. The van der Waals surface area contributed by atoms with Gasteiger partial charge < -0.3 is 19.7 Å². The minimum Gasteiger partial charge on any atom is -0.352 e. The van der Waals surface area contributed by atoms with Gasteiger partial charge in [0.05, 0.1) is 28.4 Å². The highest BCUT2D eigenvalue weighted by Gasteiger charge is 2.41.